The van der Waals surface area contributed by atoms with E-state index in [9.17, 15) is 13.2 Å². The van der Waals surface area contributed by atoms with Gasteiger partial charge in [0.2, 0.25) is 15.9 Å². The van der Waals surface area contributed by atoms with Gasteiger partial charge in [-0.1, -0.05) is 64.5 Å². The number of aryl methyl sites for hydroxylation is 1. The van der Waals surface area contributed by atoms with E-state index in [1.54, 1.807) is 24.3 Å². The lowest BCUT2D eigenvalue weighted by atomic mass is 10.2. The highest BCUT2D eigenvalue weighted by atomic mass is 79.9. The molecule has 7 heteroatoms. The van der Waals surface area contributed by atoms with Crippen LogP contribution in [0.25, 0.3) is 0 Å². The van der Waals surface area contributed by atoms with Crippen molar-refractivity contribution >= 4 is 37.5 Å². The minimum Gasteiger partial charge on any atom is -0.325 e. The summed E-state index contributed by atoms with van der Waals surface area (Å²) in [5.41, 5.74) is 2.36. The molecule has 0 fully saturated rings. The Bertz CT molecular complexity index is 1080. The van der Waals surface area contributed by atoms with Gasteiger partial charge in [0.05, 0.1) is 11.4 Å². The molecule has 5 nitrogen and oxygen atoms in total. The van der Waals surface area contributed by atoms with Crippen molar-refractivity contribution in [3.63, 3.8) is 0 Å². The van der Waals surface area contributed by atoms with Crippen molar-refractivity contribution in [1.82, 2.24) is 4.31 Å². The summed E-state index contributed by atoms with van der Waals surface area (Å²) in [5.74, 6) is -0.393. The van der Waals surface area contributed by atoms with Crippen molar-refractivity contribution in [2.75, 3.05) is 11.9 Å². The molecular formula is C22H21BrN2O3S. The van der Waals surface area contributed by atoms with Gasteiger partial charge in [-0.05, 0) is 48.4 Å². The third-order valence-electron chi connectivity index (χ3n) is 4.39. The number of halogens is 1. The first-order valence-corrected chi connectivity index (χ1v) is 11.2. The molecule has 1 amide bonds. The smallest absolute Gasteiger partial charge is 0.243 e. The summed E-state index contributed by atoms with van der Waals surface area (Å²) in [6.07, 6.45) is 0. The average Bonchev–Trinajstić information content (AvgIpc) is 2.71. The van der Waals surface area contributed by atoms with Crippen molar-refractivity contribution in [1.29, 1.82) is 0 Å². The fourth-order valence-corrected chi connectivity index (χ4v) is 4.49. The quantitative estimate of drug-likeness (QED) is 0.546. The molecule has 0 aromatic heterocycles. The molecular weight excluding hydrogens is 452 g/mol. The lowest BCUT2D eigenvalue weighted by Gasteiger charge is -2.22. The molecule has 0 radical (unpaired) electrons. The van der Waals surface area contributed by atoms with Crippen LogP contribution in [0.3, 0.4) is 0 Å². The zero-order valence-corrected chi connectivity index (χ0v) is 18.3. The predicted molar refractivity (Wildman–Crippen MR) is 118 cm³/mol. The van der Waals surface area contributed by atoms with Crippen molar-refractivity contribution in [2.45, 2.75) is 18.4 Å². The molecule has 0 aliphatic heterocycles. The monoisotopic (exact) mass is 472 g/mol. The largest absolute Gasteiger partial charge is 0.325 e. The number of carbonyl (C=O) groups excluding carboxylic acids is 1. The maximum Gasteiger partial charge on any atom is 0.243 e. The van der Waals surface area contributed by atoms with E-state index in [1.807, 2.05) is 49.4 Å². The van der Waals surface area contributed by atoms with Gasteiger partial charge < -0.3 is 5.32 Å². The van der Waals surface area contributed by atoms with E-state index in [0.717, 1.165) is 15.6 Å². The molecule has 0 atom stereocenters. The number of rotatable bonds is 7. The first kappa shape index (κ1) is 21.2. The Kier molecular flexibility index (Phi) is 6.84. The minimum absolute atomic E-state index is 0.0890. The van der Waals surface area contributed by atoms with Gasteiger partial charge in [-0.15, -0.1) is 0 Å². The number of nitrogens with zero attached hydrogens (tertiary/aromatic N) is 1. The standard InChI is InChI=1S/C22H21BrN2O3S/c1-17-7-5-6-10-21(17)24-22(26)16-25(15-18-11-13-19(23)14-12-18)29(27,28)20-8-3-2-4-9-20/h2-14H,15-16H2,1H3,(H,24,26). The predicted octanol–water partition coefficient (Wildman–Crippen LogP) is 4.59. The van der Waals surface area contributed by atoms with Crippen LogP contribution < -0.4 is 5.32 Å². The highest BCUT2D eigenvalue weighted by Gasteiger charge is 2.27. The summed E-state index contributed by atoms with van der Waals surface area (Å²) in [6.45, 7) is 1.68. The minimum atomic E-state index is -3.85. The van der Waals surface area contributed by atoms with Crippen LogP contribution in [0.5, 0.6) is 0 Å². The van der Waals surface area contributed by atoms with Crippen LogP contribution in [0.15, 0.2) is 88.2 Å². The third kappa shape index (κ3) is 5.53. The zero-order chi connectivity index (χ0) is 20.9. The number of sulfonamides is 1. The number of amides is 1. The summed E-state index contributed by atoms with van der Waals surface area (Å²) in [4.78, 5) is 12.8. The number of para-hydroxylation sites is 1. The second-order valence-corrected chi connectivity index (χ2v) is 9.43. The Morgan fingerprint density at radius 3 is 2.21 bits per heavy atom. The van der Waals surface area contributed by atoms with Crippen molar-refractivity contribution in [2.24, 2.45) is 0 Å². The van der Waals surface area contributed by atoms with Gasteiger partial charge in [0.1, 0.15) is 0 Å². The Balaban J connectivity index is 1.87. The second kappa shape index (κ2) is 9.35. The first-order valence-electron chi connectivity index (χ1n) is 9.01. The second-order valence-electron chi connectivity index (χ2n) is 6.58. The number of hydrogen-bond acceptors (Lipinski definition) is 3. The van der Waals surface area contributed by atoms with Crippen LogP contribution in [0.1, 0.15) is 11.1 Å². The SMILES string of the molecule is Cc1ccccc1NC(=O)CN(Cc1ccc(Br)cc1)S(=O)(=O)c1ccccc1. The molecule has 150 valence electrons. The Labute approximate surface area is 179 Å². The number of hydrogen-bond donors (Lipinski definition) is 1. The summed E-state index contributed by atoms with van der Waals surface area (Å²) >= 11 is 3.38. The lowest BCUT2D eigenvalue weighted by Crippen LogP contribution is -2.37. The molecule has 29 heavy (non-hydrogen) atoms. The molecule has 0 saturated heterocycles. The fourth-order valence-electron chi connectivity index (χ4n) is 2.82. The molecule has 3 aromatic rings. The normalized spacial score (nSPS) is 11.4. The van der Waals surface area contributed by atoms with E-state index in [1.165, 1.54) is 16.4 Å². The summed E-state index contributed by atoms with van der Waals surface area (Å²) < 4.78 is 28.5. The highest BCUT2D eigenvalue weighted by molar-refractivity contribution is 9.10. The molecule has 0 bridgehead atoms. The van der Waals surface area contributed by atoms with Crippen LogP contribution in [0.2, 0.25) is 0 Å². The Morgan fingerprint density at radius 1 is 0.931 bits per heavy atom. The van der Waals surface area contributed by atoms with Crippen molar-refractivity contribution in [3.05, 3.63) is 94.5 Å². The average molecular weight is 473 g/mol. The molecule has 0 aliphatic carbocycles. The van der Waals surface area contributed by atoms with E-state index in [-0.39, 0.29) is 18.0 Å². The zero-order valence-electron chi connectivity index (χ0n) is 15.9. The van der Waals surface area contributed by atoms with Crippen LogP contribution >= 0.6 is 15.9 Å². The maximum absolute atomic E-state index is 13.2. The van der Waals surface area contributed by atoms with E-state index >= 15 is 0 Å². The van der Waals surface area contributed by atoms with E-state index in [0.29, 0.717) is 5.69 Å². The lowest BCUT2D eigenvalue weighted by molar-refractivity contribution is -0.116. The Morgan fingerprint density at radius 2 is 1.55 bits per heavy atom. The van der Waals surface area contributed by atoms with Crippen molar-refractivity contribution < 1.29 is 13.2 Å². The van der Waals surface area contributed by atoms with E-state index < -0.39 is 15.9 Å². The molecule has 0 heterocycles. The number of anilines is 1. The van der Waals surface area contributed by atoms with Gasteiger partial charge in [-0.2, -0.15) is 4.31 Å². The van der Waals surface area contributed by atoms with Gasteiger partial charge in [0, 0.05) is 16.7 Å². The summed E-state index contributed by atoms with van der Waals surface area (Å²) in [6, 6.07) is 22.9. The van der Waals surface area contributed by atoms with Crippen LogP contribution in [0, 0.1) is 6.92 Å². The molecule has 3 rings (SSSR count). The third-order valence-corrected chi connectivity index (χ3v) is 6.73. The number of nitrogens with one attached hydrogen (secondary N) is 1. The van der Waals surface area contributed by atoms with Crippen LogP contribution in [-0.2, 0) is 21.4 Å². The summed E-state index contributed by atoms with van der Waals surface area (Å²) in [5, 5.41) is 2.81. The van der Waals surface area contributed by atoms with E-state index in [2.05, 4.69) is 21.2 Å². The van der Waals surface area contributed by atoms with Crippen LogP contribution in [-0.4, -0.2) is 25.2 Å². The molecule has 0 spiro atoms. The number of benzene rings is 3. The fraction of sp³-hybridized carbons (Fsp3) is 0.136. The Hall–Kier alpha value is -2.48. The van der Waals surface area contributed by atoms with Gasteiger partial charge >= 0.3 is 0 Å². The molecule has 0 unspecified atom stereocenters. The van der Waals surface area contributed by atoms with Gasteiger partial charge in [-0.3, -0.25) is 4.79 Å². The van der Waals surface area contributed by atoms with Gasteiger partial charge in [0.15, 0.2) is 0 Å². The molecule has 3 aromatic carbocycles. The molecule has 0 aliphatic rings. The molecule has 0 saturated carbocycles. The highest BCUT2D eigenvalue weighted by Crippen LogP contribution is 2.20. The van der Waals surface area contributed by atoms with Gasteiger partial charge in [0.25, 0.3) is 0 Å². The van der Waals surface area contributed by atoms with E-state index in [4.69, 9.17) is 0 Å². The number of carbonyl (C=O) groups is 1. The van der Waals surface area contributed by atoms with Crippen molar-refractivity contribution in [3.8, 4) is 0 Å². The first-order chi connectivity index (χ1) is 13.9. The van der Waals surface area contributed by atoms with Gasteiger partial charge in [-0.25, -0.2) is 8.42 Å². The summed E-state index contributed by atoms with van der Waals surface area (Å²) in [7, 11) is -3.85. The van der Waals surface area contributed by atoms with Crippen LogP contribution in [0.4, 0.5) is 5.69 Å². The molecule has 1 N–H and O–H groups in total. The topological polar surface area (TPSA) is 66.5 Å². The maximum atomic E-state index is 13.2.